The van der Waals surface area contributed by atoms with Crippen molar-refractivity contribution in [2.45, 2.75) is 13.8 Å². The minimum Gasteiger partial charge on any atom is -0.493 e. The van der Waals surface area contributed by atoms with E-state index >= 15 is 0 Å². The van der Waals surface area contributed by atoms with Gasteiger partial charge >= 0.3 is 0 Å². The van der Waals surface area contributed by atoms with E-state index in [1.54, 1.807) is 20.4 Å². The monoisotopic (exact) mass is 365 g/mol. The summed E-state index contributed by atoms with van der Waals surface area (Å²) in [6.45, 7) is 4.91. The van der Waals surface area contributed by atoms with Crippen molar-refractivity contribution in [3.63, 3.8) is 0 Å². The van der Waals surface area contributed by atoms with Gasteiger partial charge in [-0.2, -0.15) is 10.1 Å². The summed E-state index contributed by atoms with van der Waals surface area (Å²) >= 11 is 0. The van der Waals surface area contributed by atoms with Crippen LogP contribution in [0.5, 0.6) is 11.5 Å². The van der Waals surface area contributed by atoms with E-state index in [1.807, 2.05) is 24.3 Å². The zero-order valence-corrected chi connectivity index (χ0v) is 15.9. The van der Waals surface area contributed by atoms with Gasteiger partial charge in [0, 0.05) is 24.0 Å². The van der Waals surface area contributed by atoms with E-state index in [1.165, 1.54) is 5.56 Å². The minimum atomic E-state index is 0.408. The molecular formula is C20H23N5O2. The number of hydrogen-bond acceptors (Lipinski definition) is 7. The second-order valence-corrected chi connectivity index (χ2v) is 5.92. The van der Waals surface area contributed by atoms with Crippen LogP contribution >= 0.6 is 0 Å². The topological polar surface area (TPSA) is 72.4 Å². The average Bonchev–Trinajstić information content (AvgIpc) is 2.69. The van der Waals surface area contributed by atoms with Crippen molar-refractivity contribution in [3.05, 3.63) is 54.2 Å². The fraction of sp³-hybridized carbons (Fsp3) is 0.250. The molecule has 3 rings (SSSR count). The van der Waals surface area contributed by atoms with Crippen LogP contribution in [0.2, 0.25) is 0 Å². The van der Waals surface area contributed by atoms with Crippen LogP contribution < -0.4 is 19.7 Å². The number of nitrogens with one attached hydrogen (secondary N) is 1. The Balaban J connectivity index is 1.87. The number of rotatable bonds is 7. The first-order chi connectivity index (χ1) is 13.1. The second-order valence-electron chi connectivity index (χ2n) is 5.92. The van der Waals surface area contributed by atoms with Crippen LogP contribution in [0, 0.1) is 6.92 Å². The number of aryl methyl sites for hydroxylation is 1. The molecule has 7 heteroatoms. The Morgan fingerprint density at radius 2 is 1.85 bits per heavy atom. The van der Waals surface area contributed by atoms with Gasteiger partial charge < -0.3 is 19.7 Å². The van der Waals surface area contributed by atoms with Crippen LogP contribution in [0.15, 0.2) is 48.7 Å². The first kappa shape index (κ1) is 18.4. The van der Waals surface area contributed by atoms with Crippen molar-refractivity contribution in [2.24, 2.45) is 0 Å². The Hall–Kier alpha value is -3.35. The van der Waals surface area contributed by atoms with E-state index in [4.69, 9.17) is 9.47 Å². The summed E-state index contributed by atoms with van der Waals surface area (Å²) < 4.78 is 10.6. The third kappa shape index (κ3) is 4.25. The van der Waals surface area contributed by atoms with Crippen LogP contribution in [0.4, 0.5) is 23.1 Å². The Morgan fingerprint density at radius 3 is 2.56 bits per heavy atom. The lowest BCUT2D eigenvalue weighted by Crippen LogP contribution is -2.18. The summed E-state index contributed by atoms with van der Waals surface area (Å²) in [5.74, 6) is 2.42. The molecule has 0 atom stereocenters. The normalized spacial score (nSPS) is 10.4. The van der Waals surface area contributed by atoms with Crippen LogP contribution in [0.25, 0.3) is 0 Å². The summed E-state index contributed by atoms with van der Waals surface area (Å²) in [5.41, 5.74) is 3.04. The number of anilines is 4. The highest BCUT2D eigenvalue weighted by Crippen LogP contribution is 2.31. The zero-order valence-electron chi connectivity index (χ0n) is 15.9. The standard InChI is InChI=1S/C20H23N5O2/c1-5-25(16-8-6-7-14(2)11-16)19-13-21-24-20(23-19)22-15-9-10-17(26-3)18(12-15)27-4/h6-13H,5H2,1-4H3,(H,22,23,24). The van der Waals surface area contributed by atoms with E-state index in [-0.39, 0.29) is 0 Å². The Bertz CT molecular complexity index is 916. The summed E-state index contributed by atoms with van der Waals surface area (Å²) in [5, 5.41) is 11.4. The zero-order chi connectivity index (χ0) is 19.2. The molecule has 0 spiro atoms. The first-order valence-corrected chi connectivity index (χ1v) is 8.67. The van der Waals surface area contributed by atoms with E-state index < -0.39 is 0 Å². The van der Waals surface area contributed by atoms with Gasteiger partial charge in [0.05, 0.1) is 20.4 Å². The van der Waals surface area contributed by atoms with Gasteiger partial charge in [-0.3, -0.25) is 0 Å². The molecule has 0 bridgehead atoms. The van der Waals surface area contributed by atoms with Gasteiger partial charge in [0.2, 0.25) is 5.95 Å². The van der Waals surface area contributed by atoms with Crippen molar-refractivity contribution in [1.82, 2.24) is 15.2 Å². The fourth-order valence-corrected chi connectivity index (χ4v) is 2.79. The molecule has 3 aromatic rings. The lowest BCUT2D eigenvalue weighted by atomic mass is 10.2. The molecule has 0 aliphatic rings. The molecule has 2 aromatic carbocycles. The van der Waals surface area contributed by atoms with Crippen LogP contribution in [-0.4, -0.2) is 35.9 Å². The number of nitrogens with zero attached hydrogens (tertiary/aromatic N) is 4. The highest BCUT2D eigenvalue weighted by Gasteiger charge is 2.12. The van der Waals surface area contributed by atoms with Gasteiger partial charge in [-0.05, 0) is 43.7 Å². The van der Waals surface area contributed by atoms with Crippen molar-refractivity contribution in [3.8, 4) is 11.5 Å². The van der Waals surface area contributed by atoms with Crippen LogP contribution in [-0.2, 0) is 0 Å². The summed E-state index contributed by atoms with van der Waals surface area (Å²) in [7, 11) is 3.20. The van der Waals surface area contributed by atoms with E-state index in [0.29, 0.717) is 17.4 Å². The smallest absolute Gasteiger partial charge is 0.249 e. The fourth-order valence-electron chi connectivity index (χ4n) is 2.79. The van der Waals surface area contributed by atoms with Gasteiger partial charge in [-0.1, -0.05) is 12.1 Å². The maximum absolute atomic E-state index is 5.33. The molecule has 0 fully saturated rings. The predicted molar refractivity (Wildman–Crippen MR) is 107 cm³/mol. The lowest BCUT2D eigenvalue weighted by Gasteiger charge is -2.22. The van der Waals surface area contributed by atoms with Gasteiger partial charge in [0.15, 0.2) is 17.3 Å². The molecule has 0 saturated carbocycles. The maximum Gasteiger partial charge on any atom is 0.249 e. The molecule has 0 aliphatic heterocycles. The molecule has 7 nitrogen and oxygen atoms in total. The second kappa shape index (κ2) is 8.35. The SMILES string of the molecule is CCN(c1cccc(C)c1)c1cnnc(Nc2ccc(OC)c(OC)c2)n1. The molecule has 27 heavy (non-hydrogen) atoms. The highest BCUT2D eigenvalue weighted by atomic mass is 16.5. The Labute approximate surface area is 159 Å². The quantitative estimate of drug-likeness (QED) is 0.676. The highest BCUT2D eigenvalue weighted by molar-refractivity contribution is 5.63. The molecule has 1 N–H and O–H groups in total. The Kier molecular flexibility index (Phi) is 5.71. The van der Waals surface area contributed by atoms with Crippen molar-refractivity contribution >= 4 is 23.1 Å². The third-order valence-electron chi connectivity index (χ3n) is 4.09. The molecule has 0 unspecified atom stereocenters. The molecular weight excluding hydrogens is 342 g/mol. The minimum absolute atomic E-state index is 0.408. The van der Waals surface area contributed by atoms with E-state index in [9.17, 15) is 0 Å². The molecule has 0 amide bonds. The van der Waals surface area contributed by atoms with Crippen molar-refractivity contribution in [2.75, 3.05) is 31.0 Å². The third-order valence-corrected chi connectivity index (χ3v) is 4.09. The average molecular weight is 365 g/mol. The molecule has 1 aromatic heterocycles. The number of benzene rings is 2. The largest absolute Gasteiger partial charge is 0.493 e. The predicted octanol–water partition coefficient (Wildman–Crippen LogP) is 4.10. The molecule has 0 radical (unpaired) electrons. The van der Waals surface area contributed by atoms with Crippen LogP contribution in [0.1, 0.15) is 12.5 Å². The molecule has 0 saturated heterocycles. The summed E-state index contributed by atoms with van der Waals surface area (Å²) in [6, 6.07) is 13.8. The number of methoxy groups -OCH3 is 2. The lowest BCUT2D eigenvalue weighted by molar-refractivity contribution is 0.355. The van der Waals surface area contributed by atoms with Crippen LogP contribution in [0.3, 0.4) is 0 Å². The molecule has 140 valence electrons. The number of aromatic nitrogens is 3. The van der Waals surface area contributed by atoms with Gasteiger partial charge in [-0.25, -0.2) is 0 Å². The number of hydrogen-bond donors (Lipinski definition) is 1. The summed E-state index contributed by atoms with van der Waals surface area (Å²) in [6.07, 6.45) is 1.66. The maximum atomic E-state index is 5.33. The first-order valence-electron chi connectivity index (χ1n) is 8.67. The van der Waals surface area contributed by atoms with E-state index in [2.05, 4.69) is 57.4 Å². The molecule has 1 heterocycles. The van der Waals surface area contributed by atoms with Crippen molar-refractivity contribution < 1.29 is 9.47 Å². The van der Waals surface area contributed by atoms with Gasteiger partial charge in [0.25, 0.3) is 0 Å². The Morgan fingerprint density at radius 1 is 1.04 bits per heavy atom. The van der Waals surface area contributed by atoms with Gasteiger partial charge in [0.1, 0.15) is 0 Å². The van der Waals surface area contributed by atoms with Gasteiger partial charge in [-0.15, -0.1) is 5.10 Å². The molecule has 0 aliphatic carbocycles. The summed E-state index contributed by atoms with van der Waals surface area (Å²) in [4.78, 5) is 6.70. The number of ether oxygens (including phenoxy) is 2. The van der Waals surface area contributed by atoms with E-state index in [0.717, 1.165) is 23.7 Å². The van der Waals surface area contributed by atoms with Crippen molar-refractivity contribution in [1.29, 1.82) is 0 Å².